The molecule has 0 fully saturated rings. The monoisotopic (exact) mass is 349 g/mol. The van der Waals surface area contributed by atoms with Gasteiger partial charge in [0, 0.05) is 4.47 Å². The molecule has 0 aliphatic rings. The van der Waals surface area contributed by atoms with Gasteiger partial charge in [-0.3, -0.25) is 4.79 Å². The number of hydrogen-bond acceptors (Lipinski definition) is 3. The molecule has 2 aromatic carbocycles. The lowest BCUT2D eigenvalue weighted by Crippen LogP contribution is -2.28. The van der Waals surface area contributed by atoms with Gasteiger partial charge in [-0.2, -0.15) is 0 Å². The number of aryl methyl sites for hydroxylation is 1. The minimum Gasteiger partial charge on any atom is -0.507 e. The molecule has 0 unspecified atom stereocenters. The van der Waals surface area contributed by atoms with Crippen LogP contribution < -0.4 is 10.1 Å². The molecule has 0 spiro atoms. The van der Waals surface area contributed by atoms with Gasteiger partial charge in [0.05, 0.1) is 12.1 Å². The summed E-state index contributed by atoms with van der Waals surface area (Å²) in [6.07, 6.45) is 0. The molecule has 1 amide bonds. The fourth-order valence-corrected chi connectivity index (χ4v) is 2.19. The number of phenolic OH excluding ortho intramolecular Hbond substituents is 1. The summed E-state index contributed by atoms with van der Waals surface area (Å²) in [4.78, 5) is 11.9. The van der Waals surface area contributed by atoms with Crippen molar-refractivity contribution in [2.24, 2.45) is 0 Å². The lowest BCUT2D eigenvalue weighted by molar-refractivity contribution is 0.0944. The van der Waals surface area contributed by atoms with Crippen molar-refractivity contribution in [1.29, 1.82) is 0 Å². The van der Waals surface area contributed by atoms with Gasteiger partial charge in [-0.1, -0.05) is 28.1 Å². The largest absolute Gasteiger partial charge is 0.507 e. The van der Waals surface area contributed by atoms with Crippen LogP contribution in [0.1, 0.15) is 15.9 Å². The van der Waals surface area contributed by atoms with Crippen molar-refractivity contribution in [2.75, 3.05) is 13.2 Å². The van der Waals surface area contributed by atoms with Crippen LogP contribution in [0.2, 0.25) is 0 Å². The minimum atomic E-state index is -0.332. The smallest absolute Gasteiger partial charge is 0.255 e. The number of hydrogen-bond donors (Lipinski definition) is 2. The molecule has 110 valence electrons. The predicted octanol–water partition coefficient (Wildman–Crippen LogP) is 3.27. The molecule has 0 heterocycles. The molecular formula is C16H16BrNO3. The van der Waals surface area contributed by atoms with E-state index >= 15 is 0 Å². The van der Waals surface area contributed by atoms with Gasteiger partial charge in [0.2, 0.25) is 0 Å². The Balaban J connectivity index is 1.83. The van der Waals surface area contributed by atoms with Gasteiger partial charge in [-0.15, -0.1) is 0 Å². The molecule has 2 N–H and O–H groups in total. The van der Waals surface area contributed by atoms with Gasteiger partial charge in [-0.25, -0.2) is 0 Å². The third kappa shape index (κ3) is 4.49. The van der Waals surface area contributed by atoms with Gasteiger partial charge < -0.3 is 15.2 Å². The Morgan fingerprint density at radius 3 is 2.86 bits per heavy atom. The van der Waals surface area contributed by atoms with Crippen molar-refractivity contribution >= 4 is 21.8 Å². The molecule has 0 atom stereocenters. The maximum atomic E-state index is 11.9. The summed E-state index contributed by atoms with van der Waals surface area (Å²) in [6.45, 7) is 2.72. The first-order valence-corrected chi connectivity index (χ1v) is 7.32. The van der Waals surface area contributed by atoms with Crippen LogP contribution in [0, 0.1) is 6.92 Å². The summed E-state index contributed by atoms with van der Waals surface area (Å²) in [6, 6.07) is 12.4. The normalized spacial score (nSPS) is 10.2. The quantitative estimate of drug-likeness (QED) is 0.814. The highest BCUT2D eigenvalue weighted by Crippen LogP contribution is 2.21. The molecular weight excluding hydrogens is 334 g/mol. The van der Waals surface area contributed by atoms with Gasteiger partial charge in [0.1, 0.15) is 18.1 Å². The topological polar surface area (TPSA) is 58.6 Å². The fourth-order valence-electron chi connectivity index (χ4n) is 1.82. The fraction of sp³-hybridized carbons (Fsp3) is 0.188. The summed E-state index contributed by atoms with van der Waals surface area (Å²) < 4.78 is 6.28. The Bertz CT molecular complexity index is 643. The summed E-state index contributed by atoms with van der Waals surface area (Å²) in [7, 11) is 0. The van der Waals surface area contributed by atoms with Crippen molar-refractivity contribution in [3.8, 4) is 11.5 Å². The average molecular weight is 350 g/mol. The zero-order valence-electron chi connectivity index (χ0n) is 11.6. The Morgan fingerprint density at radius 1 is 1.29 bits per heavy atom. The van der Waals surface area contributed by atoms with Gasteiger partial charge >= 0.3 is 0 Å². The standard InChI is InChI=1S/C16H16BrNO3/c1-11-3-2-4-13(9-11)21-8-7-18-16(20)14-10-12(17)5-6-15(14)19/h2-6,9-10,19H,7-8H2,1H3,(H,18,20). The van der Waals surface area contributed by atoms with Crippen molar-refractivity contribution in [3.63, 3.8) is 0 Å². The highest BCUT2D eigenvalue weighted by atomic mass is 79.9. The molecule has 5 heteroatoms. The molecule has 0 saturated carbocycles. The molecule has 0 aliphatic carbocycles. The van der Waals surface area contributed by atoms with Crippen LogP contribution in [0.15, 0.2) is 46.9 Å². The van der Waals surface area contributed by atoms with E-state index in [0.717, 1.165) is 15.8 Å². The molecule has 2 rings (SSSR count). The number of carbonyl (C=O) groups is 1. The summed E-state index contributed by atoms with van der Waals surface area (Å²) >= 11 is 3.27. The van der Waals surface area contributed by atoms with Crippen LogP contribution >= 0.6 is 15.9 Å². The van der Waals surface area contributed by atoms with Crippen LogP contribution in [0.3, 0.4) is 0 Å². The maximum absolute atomic E-state index is 11.9. The second-order valence-corrected chi connectivity index (χ2v) is 5.50. The minimum absolute atomic E-state index is 0.0460. The van der Waals surface area contributed by atoms with Crippen molar-refractivity contribution in [2.45, 2.75) is 6.92 Å². The van der Waals surface area contributed by atoms with Crippen molar-refractivity contribution in [1.82, 2.24) is 5.32 Å². The molecule has 0 bridgehead atoms. The van der Waals surface area contributed by atoms with Crippen LogP contribution in [0.4, 0.5) is 0 Å². The SMILES string of the molecule is Cc1cccc(OCCNC(=O)c2cc(Br)ccc2O)c1. The predicted molar refractivity (Wildman–Crippen MR) is 84.8 cm³/mol. The van der Waals surface area contributed by atoms with Crippen molar-refractivity contribution < 1.29 is 14.6 Å². The molecule has 0 saturated heterocycles. The maximum Gasteiger partial charge on any atom is 0.255 e. The number of amides is 1. The van der Waals surface area contributed by atoms with E-state index < -0.39 is 0 Å². The number of halogens is 1. The first kappa shape index (κ1) is 15.4. The Hall–Kier alpha value is -2.01. The van der Waals surface area contributed by atoms with E-state index in [0.29, 0.717) is 13.2 Å². The molecule has 21 heavy (non-hydrogen) atoms. The van der Waals surface area contributed by atoms with E-state index in [2.05, 4.69) is 21.2 Å². The molecule has 0 radical (unpaired) electrons. The zero-order valence-corrected chi connectivity index (χ0v) is 13.2. The zero-order chi connectivity index (χ0) is 15.2. The van der Waals surface area contributed by atoms with Crippen LogP contribution in [0.5, 0.6) is 11.5 Å². The number of nitrogens with one attached hydrogen (secondary N) is 1. The van der Waals surface area contributed by atoms with E-state index in [-0.39, 0.29) is 17.2 Å². The number of ether oxygens (including phenoxy) is 1. The molecule has 0 aromatic heterocycles. The Labute approximate surface area is 131 Å². The first-order valence-electron chi connectivity index (χ1n) is 6.52. The molecule has 4 nitrogen and oxygen atoms in total. The third-order valence-corrected chi connectivity index (χ3v) is 3.34. The van der Waals surface area contributed by atoms with E-state index in [1.807, 2.05) is 31.2 Å². The van der Waals surface area contributed by atoms with Crippen molar-refractivity contribution in [3.05, 3.63) is 58.1 Å². The average Bonchev–Trinajstić information content (AvgIpc) is 2.46. The van der Waals surface area contributed by atoms with E-state index in [1.54, 1.807) is 12.1 Å². The lowest BCUT2D eigenvalue weighted by atomic mass is 10.2. The van der Waals surface area contributed by atoms with E-state index in [1.165, 1.54) is 6.07 Å². The number of phenols is 1. The van der Waals surface area contributed by atoms with Crippen LogP contribution in [-0.2, 0) is 0 Å². The van der Waals surface area contributed by atoms with E-state index in [9.17, 15) is 9.90 Å². The molecule has 0 aliphatic heterocycles. The Morgan fingerprint density at radius 2 is 2.10 bits per heavy atom. The third-order valence-electron chi connectivity index (χ3n) is 2.85. The number of benzene rings is 2. The van der Waals surface area contributed by atoms with Gasteiger partial charge in [0.25, 0.3) is 5.91 Å². The summed E-state index contributed by atoms with van der Waals surface area (Å²) in [5.74, 6) is 0.395. The van der Waals surface area contributed by atoms with Gasteiger partial charge in [0.15, 0.2) is 0 Å². The highest BCUT2D eigenvalue weighted by Gasteiger charge is 2.10. The van der Waals surface area contributed by atoms with Crippen LogP contribution in [-0.4, -0.2) is 24.2 Å². The number of aromatic hydroxyl groups is 1. The summed E-state index contributed by atoms with van der Waals surface area (Å²) in [5.41, 5.74) is 1.36. The summed E-state index contributed by atoms with van der Waals surface area (Å²) in [5, 5.41) is 12.4. The number of carbonyl (C=O) groups excluding carboxylic acids is 1. The highest BCUT2D eigenvalue weighted by molar-refractivity contribution is 9.10. The first-order chi connectivity index (χ1) is 10.1. The van der Waals surface area contributed by atoms with Gasteiger partial charge in [-0.05, 0) is 42.8 Å². The lowest BCUT2D eigenvalue weighted by Gasteiger charge is -2.09. The number of rotatable bonds is 5. The molecule has 2 aromatic rings. The Kier molecular flexibility index (Phi) is 5.22. The van der Waals surface area contributed by atoms with Crippen LogP contribution in [0.25, 0.3) is 0 Å². The van der Waals surface area contributed by atoms with E-state index in [4.69, 9.17) is 4.74 Å². The second kappa shape index (κ2) is 7.13. The second-order valence-electron chi connectivity index (χ2n) is 4.58.